The quantitative estimate of drug-likeness (QED) is 0.360. The number of aryl methyl sites for hydroxylation is 1. The molecule has 4 N–H and O–H groups in total. The van der Waals surface area contributed by atoms with Crippen molar-refractivity contribution >= 4 is 17.6 Å². The van der Waals surface area contributed by atoms with Crippen LogP contribution < -0.4 is 21.1 Å². The van der Waals surface area contributed by atoms with Gasteiger partial charge in [0.1, 0.15) is 11.4 Å². The van der Waals surface area contributed by atoms with Crippen LogP contribution in [0.4, 0.5) is 10.5 Å². The second-order valence-electron chi connectivity index (χ2n) is 8.21. The van der Waals surface area contributed by atoms with E-state index in [0.29, 0.717) is 22.7 Å². The highest BCUT2D eigenvalue weighted by Gasteiger charge is 2.21. The third-order valence-corrected chi connectivity index (χ3v) is 5.63. The van der Waals surface area contributed by atoms with Crippen LogP contribution in [-0.2, 0) is 0 Å². The average molecular weight is 470 g/mol. The first-order valence-electron chi connectivity index (χ1n) is 11.1. The van der Waals surface area contributed by atoms with Crippen LogP contribution >= 0.6 is 0 Å². The van der Waals surface area contributed by atoms with Crippen molar-refractivity contribution in [3.8, 4) is 22.7 Å². The Morgan fingerprint density at radius 2 is 1.74 bits per heavy atom. The van der Waals surface area contributed by atoms with Crippen molar-refractivity contribution in [1.29, 1.82) is 0 Å². The second kappa shape index (κ2) is 10.1. The summed E-state index contributed by atoms with van der Waals surface area (Å²) in [4.78, 5) is 24.5. The number of nitrogens with zero attached hydrogens (tertiary/aromatic N) is 2. The van der Waals surface area contributed by atoms with Gasteiger partial charge < -0.3 is 21.1 Å². The number of ether oxygens (including phenoxy) is 1. The van der Waals surface area contributed by atoms with Crippen LogP contribution in [0.3, 0.4) is 0 Å². The number of hydrogen-bond donors (Lipinski definition) is 3. The predicted molar refractivity (Wildman–Crippen MR) is 136 cm³/mol. The smallest absolute Gasteiger partial charge is 0.316 e. The molecule has 0 fully saturated rings. The third kappa shape index (κ3) is 5.50. The zero-order valence-electron chi connectivity index (χ0n) is 19.8. The van der Waals surface area contributed by atoms with Gasteiger partial charge in [-0.25, -0.2) is 9.48 Å². The Morgan fingerprint density at radius 1 is 1.03 bits per heavy atom. The molecule has 0 saturated heterocycles. The molecule has 3 aromatic carbocycles. The molecule has 8 nitrogen and oxygen atoms in total. The molecule has 0 saturated carbocycles. The summed E-state index contributed by atoms with van der Waals surface area (Å²) in [6.45, 7) is 3.91. The molecule has 0 aliphatic carbocycles. The van der Waals surface area contributed by atoms with Crippen LogP contribution in [0.2, 0.25) is 0 Å². The summed E-state index contributed by atoms with van der Waals surface area (Å²) in [6, 6.07) is 21.6. The number of primary amides is 1. The Morgan fingerprint density at radius 3 is 2.40 bits per heavy atom. The van der Waals surface area contributed by atoms with Crippen LogP contribution in [0.5, 0.6) is 5.75 Å². The summed E-state index contributed by atoms with van der Waals surface area (Å²) in [6.07, 6.45) is 1.74. The van der Waals surface area contributed by atoms with Gasteiger partial charge >= 0.3 is 6.03 Å². The van der Waals surface area contributed by atoms with Crippen LogP contribution in [0.15, 0.2) is 79.0 Å². The third-order valence-electron chi connectivity index (χ3n) is 5.63. The maximum atomic E-state index is 13.4. The van der Waals surface area contributed by atoms with E-state index >= 15 is 0 Å². The lowest BCUT2D eigenvalue weighted by Gasteiger charge is -2.15. The lowest BCUT2D eigenvalue weighted by Crippen LogP contribution is -2.27. The van der Waals surface area contributed by atoms with E-state index in [-0.39, 0.29) is 11.9 Å². The van der Waals surface area contributed by atoms with E-state index in [4.69, 9.17) is 15.6 Å². The maximum Gasteiger partial charge on any atom is 0.316 e. The number of methoxy groups -OCH3 is 1. The molecule has 1 aromatic heterocycles. The van der Waals surface area contributed by atoms with Gasteiger partial charge in [-0.05, 0) is 55.8 Å². The van der Waals surface area contributed by atoms with Crippen molar-refractivity contribution in [3.63, 3.8) is 0 Å². The van der Waals surface area contributed by atoms with Crippen LogP contribution in [0.1, 0.15) is 34.5 Å². The molecular weight excluding hydrogens is 442 g/mol. The van der Waals surface area contributed by atoms with E-state index in [0.717, 1.165) is 22.4 Å². The number of nitrogens with one attached hydrogen (secondary N) is 2. The first-order valence-corrected chi connectivity index (χ1v) is 11.1. The molecule has 1 atom stereocenters. The predicted octanol–water partition coefficient (Wildman–Crippen LogP) is 4.84. The highest BCUT2D eigenvalue weighted by molar-refractivity contribution is 6.00. The van der Waals surface area contributed by atoms with E-state index in [9.17, 15) is 9.59 Å². The zero-order valence-corrected chi connectivity index (χ0v) is 19.8. The standard InChI is InChI=1S/C27H27N5O3/c1-17-7-13-22(14-8-17)32-16-24(25(31-32)20-5-4-6-23(15-20)35-3)26(33)29-18(2)19-9-11-21(12-10-19)30-27(28)34/h4-16,18H,1-3H3,(H,29,33)(H3,28,30,34). The van der Waals surface area contributed by atoms with Gasteiger partial charge in [-0.1, -0.05) is 42.0 Å². The monoisotopic (exact) mass is 469 g/mol. The fourth-order valence-electron chi connectivity index (χ4n) is 3.71. The summed E-state index contributed by atoms with van der Waals surface area (Å²) in [5, 5.41) is 10.3. The van der Waals surface area contributed by atoms with Gasteiger partial charge in [-0.15, -0.1) is 0 Å². The summed E-state index contributed by atoms with van der Waals surface area (Å²) >= 11 is 0. The molecule has 0 bridgehead atoms. The number of aromatic nitrogens is 2. The van der Waals surface area contributed by atoms with E-state index in [1.165, 1.54) is 0 Å². The number of amides is 3. The second-order valence-corrected chi connectivity index (χ2v) is 8.21. The normalized spacial score (nSPS) is 11.5. The van der Waals surface area contributed by atoms with Gasteiger partial charge in [0, 0.05) is 17.4 Å². The number of urea groups is 1. The van der Waals surface area contributed by atoms with Crippen molar-refractivity contribution in [2.45, 2.75) is 19.9 Å². The van der Waals surface area contributed by atoms with Crippen molar-refractivity contribution in [2.75, 3.05) is 12.4 Å². The van der Waals surface area contributed by atoms with E-state index < -0.39 is 6.03 Å². The molecule has 0 aliphatic heterocycles. The van der Waals surface area contributed by atoms with Gasteiger partial charge in [-0.3, -0.25) is 4.79 Å². The number of carbonyl (C=O) groups is 2. The molecule has 1 heterocycles. The lowest BCUT2D eigenvalue weighted by molar-refractivity contribution is 0.0940. The maximum absolute atomic E-state index is 13.4. The number of anilines is 1. The Hall–Kier alpha value is -4.59. The van der Waals surface area contributed by atoms with Crippen molar-refractivity contribution in [2.24, 2.45) is 5.73 Å². The van der Waals surface area contributed by atoms with Gasteiger partial charge in [0.15, 0.2) is 0 Å². The fourth-order valence-corrected chi connectivity index (χ4v) is 3.71. The number of nitrogens with two attached hydrogens (primary N) is 1. The Balaban J connectivity index is 1.65. The first-order chi connectivity index (χ1) is 16.8. The molecule has 0 spiro atoms. The highest BCUT2D eigenvalue weighted by Crippen LogP contribution is 2.28. The Labute approximate surface area is 203 Å². The molecule has 4 rings (SSSR count). The van der Waals surface area contributed by atoms with Crippen molar-refractivity contribution < 1.29 is 14.3 Å². The molecule has 178 valence electrons. The summed E-state index contributed by atoms with van der Waals surface area (Å²) in [5.41, 5.74) is 10.4. The molecule has 3 amide bonds. The first kappa shape index (κ1) is 23.6. The Kier molecular flexibility index (Phi) is 6.82. The fraction of sp³-hybridized carbons (Fsp3) is 0.148. The topological polar surface area (TPSA) is 111 Å². The van der Waals surface area contributed by atoms with Crippen molar-refractivity contribution in [3.05, 3.63) is 95.7 Å². The summed E-state index contributed by atoms with van der Waals surface area (Å²) < 4.78 is 7.07. The molecular formula is C27H27N5O3. The number of rotatable bonds is 7. The van der Waals surface area contributed by atoms with E-state index in [1.54, 1.807) is 30.1 Å². The highest BCUT2D eigenvalue weighted by atomic mass is 16.5. The number of hydrogen-bond acceptors (Lipinski definition) is 4. The van der Waals surface area contributed by atoms with E-state index in [2.05, 4.69) is 10.6 Å². The largest absolute Gasteiger partial charge is 0.497 e. The minimum Gasteiger partial charge on any atom is -0.497 e. The zero-order chi connectivity index (χ0) is 24.9. The van der Waals surface area contributed by atoms with Crippen molar-refractivity contribution in [1.82, 2.24) is 15.1 Å². The van der Waals surface area contributed by atoms with E-state index in [1.807, 2.05) is 74.5 Å². The molecule has 4 aromatic rings. The van der Waals surface area contributed by atoms with Gasteiger partial charge in [0.05, 0.1) is 24.4 Å². The molecule has 8 heteroatoms. The molecule has 0 aliphatic rings. The number of carbonyl (C=O) groups excluding carboxylic acids is 2. The molecule has 35 heavy (non-hydrogen) atoms. The minimum atomic E-state index is -0.630. The average Bonchev–Trinajstić information content (AvgIpc) is 3.30. The van der Waals surface area contributed by atoms with Gasteiger partial charge in [-0.2, -0.15) is 5.10 Å². The van der Waals surface area contributed by atoms with Gasteiger partial charge in [0.25, 0.3) is 5.91 Å². The van der Waals surface area contributed by atoms with Crippen LogP contribution in [0, 0.1) is 6.92 Å². The SMILES string of the molecule is COc1cccc(-c2nn(-c3ccc(C)cc3)cc2C(=O)NC(C)c2ccc(NC(N)=O)cc2)c1. The van der Waals surface area contributed by atoms with Crippen LogP contribution in [-0.4, -0.2) is 28.8 Å². The van der Waals surface area contributed by atoms with Crippen LogP contribution in [0.25, 0.3) is 16.9 Å². The molecule has 1 unspecified atom stereocenters. The Bertz CT molecular complexity index is 1340. The number of benzene rings is 3. The summed E-state index contributed by atoms with van der Waals surface area (Å²) in [5.74, 6) is 0.421. The lowest BCUT2D eigenvalue weighted by atomic mass is 10.1. The molecule has 0 radical (unpaired) electrons. The minimum absolute atomic E-state index is 0.256. The van der Waals surface area contributed by atoms with Gasteiger partial charge in [0.2, 0.25) is 0 Å². The summed E-state index contributed by atoms with van der Waals surface area (Å²) in [7, 11) is 1.60.